The molecular formula is C41H64N4O10SSi. The maximum atomic E-state index is 13.9. The molecule has 0 saturated heterocycles. The van der Waals surface area contributed by atoms with Gasteiger partial charge >= 0.3 is 18.3 Å². The highest BCUT2D eigenvalue weighted by molar-refractivity contribution is 7.92. The van der Waals surface area contributed by atoms with E-state index in [1.165, 1.54) is 15.6 Å². The molecule has 0 unspecified atom stereocenters. The van der Waals surface area contributed by atoms with Gasteiger partial charge in [-0.25, -0.2) is 22.8 Å². The van der Waals surface area contributed by atoms with Gasteiger partial charge in [-0.3, -0.25) is 0 Å². The number of fused-ring (bicyclic) bond motifs is 1. The molecular weight excluding hydrogens is 769 g/mol. The van der Waals surface area contributed by atoms with Gasteiger partial charge in [0.1, 0.15) is 29.2 Å². The fraction of sp³-hybridized carbons (Fsp3) is 0.610. The van der Waals surface area contributed by atoms with Crippen molar-refractivity contribution in [2.75, 3.05) is 30.3 Å². The molecule has 0 fully saturated rings. The molecule has 0 spiro atoms. The second-order valence-corrected chi connectivity index (χ2v) is 23.7. The molecule has 0 aliphatic rings. The van der Waals surface area contributed by atoms with Gasteiger partial charge in [0.15, 0.2) is 8.32 Å². The molecule has 16 heteroatoms. The fourth-order valence-corrected chi connectivity index (χ4v) is 9.73. The van der Waals surface area contributed by atoms with Gasteiger partial charge in [-0.2, -0.15) is 14.1 Å². The lowest BCUT2D eigenvalue weighted by Gasteiger charge is -2.37. The summed E-state index contributed by atoms with van der Waals surface area (Å²) in [7, 11) is -6.48. The number of aryl methyl sites for hydroxylation is 1. The third kappa shape index (κ3) is 13.5. The van der Waals surface area contributed by atoms with Crippen LogP contribution in [-0.2, 0) is 35.1 Å². The summed E-state index contributed by atoms with van der Waals surface area (Å²) in [5, 5.41) is 5.31. The van der Waals surface area contributed by atoms with Crippen molar-refractivity contribution in [3.8, 4) is 5.75 Å². The van der Waals surface area contributed by atoms with E-state index in [4.69, 9.17) is 23.4 Å². The zero-order chi connectivity index (χ0) is 43.1. The van der Waals surface area contributed by atoms with Crippen LogP contribution in [-0.4, -0.2) is 92.5 Å². The Morgan fingerprint density at radius 1 is 0.807 bits per heavy atom. The second kappa shape index (κ2) is 18.6. The summed E-state index contributed by atoms with van der Waals surface area (Å²) in [5.41, 5.74) is -0.559. The Labute approximate surface area is 340 Å². The first kappa shape index (κ1) is 47.2. The Kier molecular flexibility index (Phi) is 15.4. The predicted molar refractivity (Wildman–Crippen MR) is 225 cm³/mol. The Hall–Kier alpha value is -4.15. The number of amides is 2. The molecule has 0 saturated carbocycles. The normalized spacial score (nSPS) is 13.2. The number of ether oxygens (including phenoxy) is 4. The summed E-state index contributed by atoms with van der Waals surface area (Å²) in [4.78, 5) is 41.8. The van der Waals surface area contributed by atoms with E-state index in [0.717, 1.165) is 35.5 Å². The van der Waals surface area contributed by atoms with Gasteiger partial charge in [0, 0.05) is 11.5 Å². The molecule has 57 heavy (non-hydrogen) atoms. The van der Waals surface area contributed by atoms with Crippen molar-refractivity contribution in [3.63, 3.8) is 0 Å². The van der Waals surface area contributed by atoms with Crippen LogP contribution in [0.3, 0.4) is 0 Å². The molecule has 1 aromatic heterocycles. The molecule has 14 nitrogen and oxygen atoms in total. The molecule has 2 amide bonds. The zero-order valence-electron chi connectivity index (χ0n) is 36.3. The number of carbonyl (C=O) groups excluding carboxylic acids is 3. The van der Waals surface area contributed by atoms with Crippen LogP contribution in [0.15, 0.2) is 42.5 Å². The van der Waals surface area contributed by atoms with E-state index in [2.05, 4.69) is 25.9 Å². The number of rotatable bonds is 15. The minimum absolute atomic E-state index is 0.0338. The summed E-state index contributed by atoms with van der Waals surface area (Å²) in [5.74, 6) is 0.455. The van der Waals surface area contributed by atoms with Gasteiger partial charge in [0.05, 0.1) is 42.3 Å². The van der Waals surface area contributed by atoms with E-state index in [1.54, 1.807) is 92.6 Å². The fourth-order valence-electron chi connectivity index (χ4n) is 6.11. The Bertz CT molecular complexity index is 1970. The van der Waals surface area contributed by atoms with E-state index in [0.29, 0.717) is 27.6 Å². The predicted octanol–water partition coefficient (Wildman–Crippen LogP) is 9.46. The average Bonchev–Trinajstić information content (AvgIpc) is 3.45. The number of sulfonamides is 1. The van der Waals surface area contributed by atoms with E-state index in [-0.39, 0.29) is 25.4 Å². The van der Waals surface area contributed by atoms with Crippen molar-refractivity contribution in [3.05, 3.63) is 53.7 Å². The van der Waals surface area contributed by atoms with Crippen LogP contribution >= 0.6 is 0 Å². The number of benzene rings is 2. The Balaban J connectivity index is 2.05. The van der Waals surface area contributed by atoms with E-state index in [9.17, 15) is 22.8 Å². The van der Waals surface area contributed by atoms with Crippen molar-refractivity contribution in [1.82, 2.24) is 14.7 Å². The number of hydrogen-bond acceptors (Lipinski definition) is 11. The molecule has 318 valence electrons. The summed E-state index contributed by atoms with van der Waals surface area (Å²) >= 11 is 0. The molecule has 0 N–H and O–H groups in total. The van der Waals surface area contributed by atoms with Crippen LogP contribution in [0.2, 0.25) is 18.1 Å². The number of hydrogen-bond donors (Lipinski definition) is 0. The maximum absolute atomic E-state index is 13.9. The molecule has 0 aliphatic carbocycles. The average molecular weight is 833 g/mol. The SMILES string of the molecule is CCc1nn(C(=O)OC(C)(C)C)c2cc(OCCN(C[C@H](O[Si](CC)(CC)CC)c3cccc(N(C(=O)OC(C)(C)C)S(C)(=O)=O)c3)C(=O)OC(C)(C)C)ccc12. The highest BCUT2D eigenvalue weighted by Crippen LogP contribution is 2.34. The van der Waals surface area contributed by atoms with Crippen molar-refractivity contribution >= 4 is 53.2 Å². The van der Waals surface area contributed by atoms with Crippen molar-refractivity contribution < 1.29 is 46.2 Å². The first-order chi connectivity index (χ1) is 26.2. The van der Waals surface area contributed by atoms with Gasteiger partial charge in [0.25, 0.3) is 0 Å². The third-order valence-electron chi connectivity index (χ3n) is 8.99. The second-order valence-electron chi connectivity index (χ2n) is 17.1. The lowest BCUT2D eigenvalue weighted by molar-refractivity contribution is 0.0131. The third-order valence-corrected chi connectivity index (χ3v) is 14.7. The molecule has 0 radical (unpaired) electrons. The Morgan fingerprint density at radius 3 is 1.91 bits per heavy atom. The summed E-state index contributed by atoms with van der Waals surface area (Å²) in [6.45, 7) is 24.1. The van der Waals surface area contributed by atoms with E-state index >= 15 is 0 Å². The van der Waals surface area contributed by atoms with Crippen LogP contribution in [0.5, 0.6) is 5.75 Å². The minimum atomic E-state index is -4.11. The molecule has 2 aromatic carbocycles. The van der Waals surface area contributed by atoms with E-state index < -0.39 is 59.5 Å². The lowest BCUT2D eigenvalue weighted by Crippen LogP contribution is -2.45. The van der Waals surface area contributed by atoms with Crippen molar-refractivity contribution in [2.24, 2.45) is 0 Å². The largest absolute Gasteiger partial charge is 0.492 e. The molecule has 0 bridgehead atoms. The molecule has 0 aliphatic heterocycles. The molecule has 3 aromatic rings. The van der Waals surface area contributed by atoms with Crippen molar-refractivity contribution in [2.45, 2.75) is 137 Å². The summed E-state index contributed by atoms with van der Waals surface area (Å²) in [6, 6.07) is 14.3. The molecule has 1 atom stereocenters. The first-order valence-electron chi connectivity index (χ1n) is 19.6. The minimum Gasteiger partial charge on any atom is -0.492 e. The van der Waals surface area contributed by atoms with Gasteiger partial charge in [-0.05, 0) is 117 Å². The molecule has 3 rings (SSSR count). The zero-order valence-corrected chi connectivity index (χ0v) is 38.2. The lowest BCUT2D eigenvalue weighted by atomic mass is 10.1. The van der Waals surface area contributed by atoms with Crippen LogP contribution in [0, 0.1) is 0 Å². The number of nitrogens with zero attached hydrogens (tertiary/aromatic N) is 4. The van der Waals surface area contributed by atoms with Crippen LogP contribution in [0.1, 0.15) is 107 Å². The number of anilines is 1. The number of aromatic nitrogens is 2. The number of carbonyl (C=O) groups is 3. The van der Waals surface area contributed by atoms with Crippen LogP contribution < -0.4 is 9.04 Å². The highest BCUT2D eigenvalue weighted by Gasteiger charge is 2.36. The van der Waals surface area contributed by atoms with Crippen LogP contribution in [0.4, 0.5) is 20.1 Å². The maximum Gasteiger partial charge on any atom is 0.435 e. The van der Waals surface area contributed by atoms with Crippen molar-refractivity contribution in [1.29, 1.82) is 0 Å². The van der Waals surface area contributed by atoms with Crippen LogP contribution in [0.25, 0.3) is 10.9 Å². The monoisotopic (exact) mass is 832 g/mol. The van der Waals surface area contributed by atoms with Gasteiger partial charge in [-0.1, -0.05) is 39.8 Å². The van der Waals surface area contributed by atoms with Gasteiger partial charge < -0.3 is 28.3 Å². The summed E-state index contributed by atoms with van der Waals surface area (Å²) in [6.07, 6.45) is -1.41. The van der Waals surface area contributed by atoms with E-state index in [1.807, 2.05) is 13.0 Å². The molecule has 1 heterocycles. The van der Waals surface area contributed by atoms with Gasteiger partial charge in [-0.15, -0.1) is 0 Å². The smallest absolute Gasteiger partial charge is 0.435 e. The Morgan fingerprint density at radius 2 is 1.39 bits per heavy atom. The topological polar surface area (TPSA) is 156 Å². The van der Waals surface area contributed by atoms with Gasteiger partial charge in [0.2, 0.25) is 10.0 Å². The standard InChI is InChI=1S/C41H64N4O10SSi/c1-15-33-32-23-22-31(27-34(32)44(42-33)37(47)53-40(8,9)10)51-25-24-43(36(46)52-39(5,6)7)28-35(55-57(16-2,17-3)18-4)29-20-19-21-30(26-29)45(56(14,49)50)38(48)54-41(11,12)13/h19-23,26-27,35H,15-18,24-25,28H2,1-14H3/t35-/m0/s1. The first-order valence-corrected chi connectivity index (χ1v) is 24.0. The highest BCUT2D eigenvalue weighted by atomic mass is 32.2. The quantitative estimate of drug-likeness (QED) is 0.106. The summed E-state index contributed by atoms with van der Waals surface area (Å²) < 4.78 is 58.1.